The summed E-state index contributed by atoms with van der Waals surface area (Å²) in [7, 11) is 0. The number of aromatic amines is 1. The van der Waals surface area contributed by atoms with E-state index in [9.17, 15) is 0 Å². The van der Waals surface area contributed by atoms with Crippen LogP contribution in [0.4, 0.5) is 0 Å². The molecule has 0 aliphatic carbocycles. The Labute approximate surface area is 151 Å². The molecule has 0 spiro atoms. The highest BCUT2D eigenvalue weighted by Gasteiger charge is 2.41. The van der Waals surface area contributed by atoms with Crippen molar-refractivity contribution in [3.05, 3.63) is 90.0 Å². The molecule has 1 N–H and O–H groups in total. The average molecular weight is 333 g/mol. The lowest BCUT2D eigenvalue weighted by Gasteiger charge is -2.36. The molecule has 0 aliphatic rings. The highest BCUT2D eigenvalue weighted by atomic mass is 15.1. The van der Waals surface area contributed by atoms with Gasteiger partial charge in [-0.05, 0) is 30.9 Å². The van der Waals surface area contributed by atoms with Crippen LogP contribution >= 0.6 is 0 Å². The molecule has 2 heteroatoms. The van der Waals surface area contributed by atoms with Crippen LogP contribution in [0.5, 0.6) is 0 Å². The summed E-state index contributed by atoms with van der Waals surface area (Å²) >= 11 is 0. The Morgan fingerprint density at radius 2 is 1.60 bits per heavy atom. The molecule has 0 fully saturated rings. The first kappa shape index (κ1) is 17.5. The van der Waals surface area contributed by atoms with Gasteiger partial charge in [-0.1, -0.05) is 74.5 Å². The lowest BCUT2D eigenvalue weighted by molar-refractivity contribution is -0.701. The summed E-state index contributed by atoms with van der Waals surface area (Å²) in [6, 6.07) is 21.9. The van der Waals surface area contributed by atoms with E-state index in [0.29, 0.717) is 5.92 Å². The molecule has 0 saturated heterocycles. The molecule has 0 amide bonds. The highest BCUT2D eigenvalue weighted by molar-refractivity contribution is 5.32. The number of rotatable bonds is 7. The summed E-state index contributed by atoms with van der Waals surface area (Å²) in [5.74, 6) is 1.75. The van der Waals surface area contributed by atoms with Gasteiger partial charge >= 0.3 is 0 Å². The zero-order valence-corrected chi connectivity index (χ0v) is 15.6. The number of nitrogens with zero attached hydrogens (tertiary/aromatic N) is 1. The number of benzene rings is 2. The van der Waals surface area contributed by atoms with Crippen molar-refractivity contribution >= 4 is 0 Å². The Kier molecular flexibility index (Phi) is 5.37. The van der Waals surface area contributed by atoms with Crippen molar-refractivity contribution in [2.45, 2.75) is 51.5 Å². The molecule has 0 saturated carbocycles. The number of hydrogen-bond acceptors (Lipinski definition) is 0. The molecule has 1 aromatic heterocycles. The van der Waals surface area contributed by atoms with Gasteiger partial charge in [0.15, 0.2) is 0 Å². The second kappa shape index (κ2) is 7.69. The van der Waals surface area contributed by atoms with E-state index >= 15 is 0 Å². The third-order valence-corrected chi connectivity index (χ3v) is 5.49. The fourth-order valence-corrected chi connectivity index (χ4v) is 4.16. The van der Waals surface area contributed by atoms with Gasteiger partial charge in [0.25, 0.3) is 5.82 Å². The lowest BCUT2D eigenvalue weighted by atomic mass is 9.66. The number of aromatic nitrogens is 2. The second-order valence-corrected chi connectivity index (χ2v) is 7.04. The largest absolute Gasteiger partial charge is 0.258 e. The van der Waals surface area contributed by atoms with Gasteiger partial charge in [-0.15, -0.1) is 0 Å². The van der Waals surface area contributed by atoms with Crippen molar-refractivity contribution in [3.8, 4) is 0 Å². The van der Waals surface area contributed by atoms with Crippen LogP contribution in [0.2, 0.25) is 0 Å². The predicted octanol–water partition coefficient (Wildman–Crippen LogP) is 5.02. The first-order valence-corrected chi connectivity index (χ1v) is 9.35. The Hall–Kier alpha value is -2.35. The minimum Gasteiger partial charge on any atom is -0.247 e. The van der Waals surface area contributed by atoms with E-state index in [0.717, 1.165) is 19.4 Å². The standard InChI is InChI=1S/C23H28N2/c1-4-21(22-24-16-17-25(22)5-2)23(3,20-14-10-7-11-15-20)18-19-12-8-6-9-13-19/h6-17,21H,4-5,18H2,1-3H3/p+1. The number of hydrogen-bond donors (Lipinski definition) is 1. The molecule has 2 aromatic carbocycles. The molecule has 3 rings (SSSR count). The van der Waals surface area contributed by atoms with Crippen molar-refractivity contribution in [3.63, 3.8) is 0 Å². The van der Waals surface area contributed by atoms with Crippen LogP contribution < -0.4 is 4.57 Å². The first-order valence-electron chi connectivity index (χ1n) is 9.35. The third kappa shape index (κ3) is 3.53. The maximum Gasteiger partial charge on any atom is 0.258 e. The lowest BCUT2D eigenvalue weighted by Crippen LogP contribution is -2.43. The van der Waals surface area contributed by atoms with E-state index in [1.165, 1.54) is 17.0 Å². The van der Waals surface area contributed by atoms with Crippen molar-refractivity contribution in [1.82, 2.24) is 4.98 Å². The van der Waals surface area contributed by atoms with Gasteiger partial charge in [0.05, 0.1) is 12.5 Å². The van der Waals surface area contributed by atoms with Gasteiger partial charge in [0, 0.05) is 5.41 Å². The fraction of sp³-hybridized carbons (Fsp3) is 0.348. The van der Waals surface area contributed by atoms with Crippen molar-refractivity contribution in [2.75, 3.05) is 0 Å². The molecule has 130 valence electrons. The summed E-state index contributed by atoms with van der Waals surface area (Å²) in [5, 5.41) is 0. The minimum absolute atomic E-state index is 0.0269. The molecular weight excluding hydrogens is 304 g/mol. The van der Waals surface area contributed by atoms with Crippen LogP contribution in [-0.2, 0) is 18.4 Å². The highest BCUT2D eigenvalue weighted by Crippen LogP contribution is 2.42. The summed E-state index contributed by atoms with van der Waals surface area (Å²) in [4.78, 5) is 3.53. The van der Waals surface area contributed by atoms with E-state index in [-0.39, 0.29) is 5.41 Å². The van der Waals surface area contributed by atoms with Crippen molar-refractivity contribution < 1.29 is 4.57 Å². The number of nitrogens with one attached hydrogen (secondary N) is 1. The van der Waals surface area contributed by atoms with E-state index in [1.807, 2.05) is 0 Å². The van der Waals surface area contributed by atoms with Crippen LogP contribution in [0.15, 0.2) is 73.1 Å². The predicted molar refractivity (Wildman–Crippen MR) is 104 cm³/mol. The quantitative estimate of drug-likeness (QED) is 0.586. The van der Waals surface area contributed by atoms with E-state index in [4.69, 9.17) is 0 Å². The molecule has 0 radical (unpaired) electrons. The zero-order chi connectivity index (χ0) is 17.7. The van der Waals surface area contributed by atoms with Crippen molar-refractivity contribution in [1.29, 1.82) is 0 Å². The van der Waals surface area contributed by atoms with Gasteiger partial charge in [-0.2, -0.15) is 0 Å². The number of H-pyrrole nitrogens is 1. The normalized spacial score (nSPS) is 14.8. The smallest absolute Gasteiger partial charge is 0.247 e. The van der Waals surface area contributed by atoms with Crippen molar-refractivity contribution in [2.24, 2.45) is 0 Å². The molecule has 25 heavy (non-hydrogen) atoms. The van der Waals surface area contributed by atoms with Crippen LogP contribution in [-0.4, -0.2) is 4.98 Å². The third-order valence-electron chi connectivity index (χ3n) is 5.49. The molecule has 1 heterocycles. The summed E-state index contributed by atoms with van der Waals surface area (Å²) in [6.45, 7) is 7.93. The SMILES string of the molecule is CCC(c1[nH]cc[n+]1CC)C(C)(Cc1ccccc1)c1ccccc1. The van der Waals surface area contributed by atoms with Gasteiger partial charge < -0.3 is 0 Å². The maximum atomic E-state index is 3.53. The summed E-state index contributed by atoms with van der Waals surface area (Å²) in [6.07, 6.45) is 6.35. The van der Waals surface area contributed by atoms with Crippen LogP contribution in [0.3, 0.4) is 0 Å². The van der Waals surface area contributed by atoms with Gasteiger partial charge in [-0.25, -0.2) is 9.55 Å². The Balaban J connectivity index is 2.09. The van der Waals surface area contributed by atoms with E-state index in [2.05, 4.69) is 103 Å². The molecular formula is C23H29N2+. The topological polar surface area (TPSA) is 19.7 Å². The summed E-state index contributed by atoms with van der Waals surface area (Å²) < 4.78 is 2.35. The molecule has 0 aliphatic heterocycles. The van der Waals surface area contributed by atoms with Gasteiger partial charge in [0.1, 0.15) is 12.4 Å². The van der Waals surface area contributed by atoms with E-state index < -0.39 is 0 Å². The van der Waals surface area contributed by atoms with Crippen LogP contribution in [0.1, 0.15) is 50.1 Å². The molecule has 2 atom stereocenters. The Bertz CT molecular complexity index is 776. The van der Waals surface area contributed by atoms with Gasteiger partial charge in [-0.3, -0.25) is 0 Å². The van der Waals surface area contributed by atoms with E-state index in [1.54, 1.807) is 0 Å². The molecule has 2 nitrogen and oxygen atoms in total. The maximum absolute atomic E-state index is 3.53. The van der Waals surface area contributed by atoms with Gasteiger partial charge in [0.2, 0.25) is 0 Å². The first-order chi connectivity index (χ1) is 12.2. The second-order valence-electron chi connectivity index (χ2n) is 7.04. The van der Waals surface area contributed by atoms with Crippen LogP contribution in [0, 0.1) is 0 Å². The Morgan fingerprint density at radius 1 is 0.960 bits per heavy atom. The average Bonchev–Trinajstić information content (AvgIpc) is 3.12. The zero-order valence-electron chi connectivity index (χ0n) is 15.6. The number of imidazole rings is 1. The monoisotopic (exact) mass is 333 g/mol. The molecule has 2 unspecified atom stereocenters. The molecule has 0 bridgehead atoms. The fourth-order valence-electron chi connectivity index (χ4n) is 4.16. The number of aryl methyl sites for hydroxylation is 1. The van der Waals surface area contributed by atoms with Crippen LogP contribution in [0.25, 0.3) is 0 Å². The minimum atomic E-state index is 0.0269. The Morgan fingerprint density at radius 3 is 2.20 bits per heavy atom. The summed E-state index contributed by atoms with van der Waals surface area (Å²) in [5.41, 5.74) is 2.82. The molecule has 3 aromatic rings.